The van der Waals surface area contributed by atoms with Crippen molar-refractivity contribution in [1.29, 1.82) is 0 Å². The third kappa shape index (κ3) is 2.17. The van der Waals surface area contributed by atoms with Crippen molar-refractivity contribution in [2.24, 2.45) is 0 Å². The van der Waals surface area contributed by atoms with E-state index in [0.29, 0.717) is 0 Å². The van der Waals surface area contributed by atoms with E-state index in [1.54, 1.807) is 0 Å². The van der Waals surface area contributed by atoms with Crippen LogP contribution >= 0.6 is 11.8 Å². The maximum atomic E-state index is 4.36. The van der Waals surface area contributed by atoms with Gasteiger partial charge in [0, 0.05) is 4.90 Å². The van der Waals surface area contributed by atoms with Crippen molar-refractivity contribution in [3.05, 3.63) is 17.0 Å². The molecule has 1 aromatic heterocycles. The summed E-state index contributed by atoms with van der Waals surface area (Å²) in [7, 11) is 0. The lowest BCUT2D eigenvalue weighted by Crippen LogP contribution is -2.05. The van der Waals surface area contributed by atoms with Gasteiger partial charge < -0.3 is 0 Å². The topological polar surface area (TPSA) is 25.8 Å². The van der Waals surface area contributed by atoms with Gasteiger partial charge in [0.05, 0.1) is 11.4 Å². The Morgan fingerprint density at radius 3 is 2.53 bits per heavy atom. The van der Waals surface area contributed by atoms with Crippen LogP contribution in [-0.2, 0) is 19.3 Å². The summed E-state index contributed by atoms with van der Waals surface area (Å²) >= 11 is 1.99. The molecule has 3 heteroatoms. The highest BCUT2D eigenvalue weighted by Crippen LogP contribution is 2.32. The average molecular weight is 222 g/mol. The first-order valence-corrected chi connectivity index (χ1v) is 6.85. The molecule has 1 aliphatic heterocycles. The molecular weight excluding hydrogens is 204 g/mol. The molecule has 0 unspecified atom stereocenters. The van der Waals surface area contributed by atoms with E-state index in [4.69, 9.17) is 0 Å². The van der Waals surface area contributed by atoms with E-state index in [9.17, 15) is 0 Å². The fourth-order valence-electron chi connectivity index (χ4n) is 2.05. The smallest absolute Gasteiger partial charge is 0.0766 e. The summed E-state index contributed by atoms with van der Waals surface area (Å²) < 4.78 is 0. The second-order valence-corrected chi connectivity index (χ2v) is 5.02. The van der Waals surface area contributed by atoms with Gasteiger partial charge >= 0.3 is 0 Å². The van der Waals surface area contributed by atoms with E-state index in [-0.39, 0.29) is 0 Å². The first-order valence-electron chi connectivity index (χ1n) is 5.86. The summed E-state index contributed by atoms with van der Waals surface area (Å²) in [6.07, 6.45) is 5.85. The van der Waals surface area contributed by atoms with Gasteiger partial charge in [-0.05, 0) is 43.4 Å². The van der Waals surface area contributed by atoms with E-state index >= 15 is 0 Å². The Labute approximate surface area is 95.9 Å². The number of fused-ring (bicyclic) bond motifs is 1. The average Bonchev–Trinajstić information content (AvgIpc) is 2.53. The highest BCUT2D eigenvalue weighted by molar-refractivity contribution is 7.99. The number of thioether (sulfide) groups is 1. The van der Waals surface area contributed by atoms with Gasteiger partial charge in [0.25, 0.3) is 0 Å². The van der Waals surface area contributed by atoms with E-state index in [1.807, 2.05) is 11.8 Å². The first kappa shape index (κ1) is 10.9. The van der Waals surface area contributed by atoms with Crippen molar-refractivity contribution >= 4 is 11.8 Å². The monoisotopic (exact) mass is 222 g/mol. The Hall–Kier alpha value is -0.570. The molecule has 0 saturated carbocycles. The zero-order valence-electron chi connectivity index (χ0n) is 9.55. The molecule has 0 aromatic carbocycles. The predicted octanol–water partition coefficient (Wildman–Crippen LogP) is 3.03. The van der Waals surface area contributed by atoms with E-state index in [1.165, 1.54) is 46.9 Å². The third-order valence-electron chi connectivity index (χ3n) is 2.91. The Morgan fingerprint density at radius 1 is 1.07 bits per heavy atom. The van der Waals surface area contributed by atoms with Crippen molar-refractivity contribution in [2.45, 2.75) is 50.8 Å². The summed E-state index contributed by atoms with van der Waals surface area (Å²) in [5.74, 6) is 1.24. The Balaban J connectivity index is 2.48. The molecule has 0 fully saturated rings. The minimum Gasteiger partial charge on any atom is -0.155 e. The molecule has 82 valence electrons. The van der Waals surface area contributed by atoms with Crippen LogP contribution in [0.4, 0.5) is 0 Å². The van der Waals surface area contributed by atoms with Crippen molar-refractivity contribution < 1.29 is 0 Å². The van der Waals surface area contributed by atoms with Gasteiger partial charge in [-0.15, -0.1) is 11.8 Å². The van der Waals surface area contributed by atoms with Crippen molar-refractivity contribution in [2.75, 3.05) is 5.75 Å². The van der Waals surface area contributed by atoms with Crippen LogP contribution in [0, 0.1) is 0 Å². The molecule has 1 aromatic rings. The highest BCUT2D eigenvalue weighted by Gasteiger charge is 2.17. The zero-order valence-corrected chi connectivity index (χ0v) is 10.4. The normalized spacial score (nSPS) is 15.9. The molecule has 15 heavy (non-hydrogen) atoms. The molecule has 2 heterocycles. The molecule has 2 rings (SSSR count). The molecule has 1 aliphatic rings. The van der Waals surface area contributed by atoms with E-state index in [0.717, 1.165) is 12.8 Å². The molecule has 0 spiro atoms. The van der Waals surface area contributed by atoms with Gasteiger partial charge in [-0.1, -0.05) is 13.8 Å². The second-order valence-electron chi connectivity index (χ2n) is 3.91. The van der Waals surface area contributed by atoms with Gasteiger partial charge in [-0.25, -0.2) is 0 Å². The van der Waals surface area contributed by atoms with Crippen molar-refractivity contribution in [1.82, 2.24) is 10.2 Å². The maximum absolute atomic E-state index is 4.36. The standard InChI is InChI=1S/C12H18N2S/c1-3-10-9-7-5-6-8-15-12(9)11(4-2)14-13-10/h3-8H2,1-2H3. The van der Waals surface area contributed by atoms with Gasteiger partial charge in [-0.2, -0.15) is 10.2 Å². The number of aryl methyl sites for hydroxylation is 2. The highest BCUT2D eigenvalue weighted by atomic mass is 32.2. The van der Waals surface area contributed by atoms with Crippen LogP contribution in [0.15, 0.2) is 4.90 Å². The minimum atomic E-state index is 1.01. The first-order chi connectivity index (χ1) is 7.36. The van der Waals surface area contributed by atoms with Gasteiger partial charge in [-0.3, -0.25) is 0 Å². The lowest BCUT2D eigenvalue weighted by molar-refractivity contribution is 0.748. The third-order valence-corrected chi connectivity index (χ3v) is 4.18. The van der Waals surface area contributed by atoms with Crippen LogP contribution in [0.25, 0.3) is 0 Å². The molecule has 0 N–H and O–H groups in total. The molecule has 2 nitrogen and oxygen atoms in total. The van der Waals surface area contributed by atoms with Crippen LogP contribution in [0.5, 0.6) is 0 Å². The van der Waals surface area contributed by atoms with Gasteiger partial charge in [0.15, 0.2) is 0 Å². The maximum Gasteiger partial charge on any atom is 0.0766 e. The second kappa shape index (κ2) is 4.97. The van der Waals surface area contributed by atoms with E-state index < -0.39 is 0 Å². The Bertz CT molecular complexity index is 317. The largest absolute Gasteiger partial charge is 0.155 e. The van der Waals surface area contributed by atoms with Crippen LogP contribution in [0.3, 0.4) is 0 Å². The van der Waals surface area contributed by atoms with Crippen LogP contribution in [0.1, 0.15) is 43.6 Å². The fourth-order valence-corrected chi connectivity index (χ4v) is 3.35. The summed E-state index contributed by atoms with van der Waals surface area (Å²) in [5.41, 5.74) is 3.91. The number of hydrogen-bond acceptors (Lipinski definition) is 3. The molecule has 0 aliphatic carbocycles. The molecule has 0 atom stereocenters. The van der Waals surface area contributed by atoms with E-state index in [2.05, 4.69) is 24.0 Å². The lowest BCUT2D eigenvalue weighted by Gasteiger charge is -2.12. The molecule has 0 amide bonds. The number of aromatic nitrogens is 2. The fraction of sp³-hybridized carbons (Fsp3) is 0.667. The SMILES string of the molecule is CCc1nnc(CC)c2c1CCCCS2. The number of hydrogen-bond donors (Lipinski definition) is 0. The van der Waals surface area contributed by atoms with Crippen LogP contribution < -0.4 is 0 Å². The van der Waals surface area contributed by atoms with Crippen molar-refractivity contribution in [3.63, 3.8) is 0 Å². The lowest BCUT2D eigenvalue weighted by atomic mass is 10.0. The minimum absolute atomic E-state index is 1.01. The summed E-state index contributed by atoms with van der Waals surface area (Å²) in [6.45, 7) is 4.34. The van der Waals surface area contributed by atoms with Gasteiger partial charge in [0.1, 0.15) is 0 Å². The number of rotatable bonds is 2. The molecule has 0 saturated heterocycles. The summed E-state index contributed by atoms with van der Waals surface area (Å²) in [4.78, 5) is 1.45. The Kier molecular flexibility index (Phi) is 3.62. The van der Waals surface area contributed by atoms with Gasteiger partial charge in [0.2, 0.25) is 0 Å². The van der Waals surface area contributed by atoms with Crippen LogP contribution in [-0.4, -0.2) is 16.0 Å². The zero-order chi connectivity index (χ0) is 10.7. The van der Waals surface area contributed by atoms with Crippen molar-refractivity contribution in [3.8, 4) is 0 Å². The Morgan fingerprint density at radius 2 is 1.80 bits per heavy atom. The summed E-state index contributed by atoms with van der Waals surface area (Å²) in [6, 6.07) is 0. The summed E-state index contributed by atoms with van der Waals surface area (Å²) in [5, 5.41) is 8.71. The number of nitrogens with zero attached hydrogens (tertiary/aromatic N) is 2. The van der Waals surface area contributed by atoms with Crippen LogP contribution in [0.2, 0.25) is 0 Å². The molecule has 0 bridgehead atoms. The predicted molar refractivity (Wildman–Crippen MR) is 64.5 cm³/mol. The quantitative estimate of drug-likeness (QED) is 0.769. The molecular formula is C12H18N2S. The molecule has 0 radical (unpaired) electrons.